The van der Waals surface area contributed by atoms with Crippen LogP contribution >= 0.6 is 11.6 Å². The Balaban J connectivity index is 2.14. The molecule has 1 aliphatic carbocycles. The summed E-state index contributed by atoms with van der Waals surface area (Å²) in [7, 11) is 0. The molecule has 0 radical (unpaired) electrons. The van der Waals surface area contributed by atoms with Gasteiger partial charge in [-0.25, -0.2) is 4.39 Å². The van der Waals surface area contributed by atoms with E-state index in [4.69, 9.17) is 11.6 Å². The second kappa shape index (κ2) is 4.97. The van der Waals surface area contributed by atoms with Crippen molar-refractivity contribution < 1.29 is 4.39 Å². The van der Waals surface area contributed by atoms with E-state index in [2.05, 4.69) is 33.0 Å². The normalized spacial score (nSPS) is 22.2. The topological polar surface area (TPSA) is 12.0 Å². The van der Waals surface area contributed by atoms with E-state index >= 15 is 0 Å². The maximum atomic E-state index is 13.1. The quantitative estimate of drug-likeness (QED) is 0.756. The predicted molar refractivity (Wildman–Crippen MR) is 80.2 cm³/mol. The van der Waals surface area contributed by atoms with Crippen LogP contribution in [0.4, 0.5) is 10.1 Å². The van der Waals surface area contributed by atoms with Crippen LogP contribution in [-0.2, 0) is 0 Å². The zero-order valence-electron chi connectivity index (χ0n) is 12.2. The Morgan fingerprint density at radius 3 is 2.26 bits per heavy atom. The van der Waals surface area contributed by atoms with E-state index < -0.39 is 0 Å². The Bertz CT molecular complexity index is 452. The fourth-order valence-corrected chi connectivity index (χ4v) is 4.00. The fraction of sp³-hybridized carbons (Fsp3) is 0.625. The van der Waals surface area contributed by atoms with Crippen LogP contribution in [0.1, 0.15) is 47.0 Å². The summed E-state index contributed by atoms with van der Waals surface area (Å²) in [6, 6.07) is 4.93. The lowest BCUT2D eigenvalue weighted by atomic mass is 9.63. The van der Waals surface area contributed by atoms with Crippen LogP contribution in [0, 0.1) is 16.6 Å². The van der Waals surface area contributed by atoms with E-state index in [0.717, 1.165) is 18.5 Å². The Labute approximate surface area is 120 Å². The standard InChI is InChI=1S/C16H23ClFN/c1-15(2)8-12(9-16(3,4)10-15)19-14-6-5-11(18)7-13(14)17/h5-7,12,19H,8-10H2,1-4H3. The van der Waals surface area contributed by atoms with Gasteiger partial charge in [-0.3, -0.25) is 0 Å². The summed E-state index contributed by atoms with van der Waals surface area (Å²) in [6.45, 7) is 9.26. The van der Waals surface area contributed by atoms with Gasteiger partial charge >= 0.3 is 0 Å². The highest BCUT2D eigenvalue weighted by Crippen LogP contribution is 2.46. The van der Waals surface area contributed by atoms with Gasteiger partial charge in [-0.15, -0.1) is 0 Å². The number of hydrogen-bond acceptors (Lipinski definition) is 1. The first-order valence-corrected chi connectivity index (χ1v) is 7.26. The van der Waals surface area contributed by atoms with Crippen LogP contribution < -0.4 is 5.32 Å². The van der Waals surface area contributed by atoms with Crippen molar-refractivity contribution in [3.8, 4) is 0 Å². The second-order valence-electron chi connectivity index (χ2n) is 7.38. The number of rotatable bonds is 2. The zero-order valence-corrected chi connectivity index (χ0v) is 12.9. The van der Waals surface area contributed by atoms with Crippen molar-refractivity contribution in [2.75, 3.05) is 5.32 Å². The summed E-state index contributed by atoms with van der Waals surface area (Å²) in [5.74, 6) is -0.292. The van der Waals surface area contributed by atoms with Crippen molar-refractivity contribution in [3.63, 3.8) is 0 Å². The Hall–Kier alpha value is -0.760. The SMILES string of the molecule is CC1(C)CC(Nc2ccc(F)cc2Cl)CC(C)(C)C1. The zero-order chi connectivity index (χ0) is 14.3. The molecule has 0 unspecified atom stereocenters. The van der Waals surface area contributed by atoms with Gasteiger partial charge in [-0.1, -0.05) is 39.3 Å². The Kier molecular flexibility index (Phi) is 3.83. The molecule has 1 fully saturated rings. The van der Waals surface area contributed by atoms with Gasteiger partial charge in [0.2, 0.25) is 0 Å². The second-order valence-corrected chi connectivity index (χ2v) is 7.79. The van der Waals surface area contributed by atoms with Gasteiger partial charge in [0.15, 0.2) is 0 Å². The van der Waals surface area contributed by atoms with Crippen LogP contribution in [0.25, 0.3) is 0 Å². The fourth-order valence-electron chi connectivity index (χ4n) is 3.77. The molecule has 3 heteroatoms. The van der Waals surface area contributed by atoms with E-state index in [1.165, 1.54) is 18.6 Å². The number of anilines is 1. The molecular formula is C16H23ClFN. The third-order valence-electron chi connectivity index (χ3n) is 3.85. The van der Waals surface area contributed by atoms with Crippen molar-refractivity contribution in [2.24, 2.45) is 10.8 Å². The molecule has 106 valence electrons. The highest BCUT2D eigenvalue weighted by atomic mass is 35.5. The molecular weight excluding hydrogens is 261 g/mol. The van der Waals surface area contributed by atoms with Gasteiger partial charge in [-0.2, -0.15) is 0 Å². The first-order valence-electron chi connectivity index (χ1n) is 6.89. The highest BCUT2D eigenvalue weighted by Gasteiger charge is 2.38. The molecule has 1 aliphatic rings. The largest absolute Gasteiger partial charge is 0.381 e. The molecule has 1 aromatic carbocycles. The highest BCUT2D eigenvalue weighted by molar-refractivity contribution is 6.33. The molecule has 0 amide bonds. The van der Waals surface area contributed by atoms with Gasteiger partial charge in [0.1, 0.15) is 5.82 Å². The van der Waals surface area contributed by atoms with Crippen molar-refractivity contribution >= 4 is 17.3 Å². The van der Waals surface area contributed by atoms with Crippen molar-refractivity contribution in [1.29, 1.82) is 0 Å². The van der Waals surface area contributed by atoms with E-state index in [9.17, 15) is 4.39 Å². The number of nitrogens with one attached hydrogen (secondary N) is 1. The van der Waals surface area contributed by atoms with Gasteiger partial charge in [0.25, 0.3) is 0 Å². The third kappa shape index (κ3) is 3.85. The van der Waals surface area contributed by atoms with Crippen LogP contribution in [0.5, 0.6) is 0 Å². The minimum absolute atomic E-state index is 0.292. The molecule has 0 aromatic heterocycles. The maximum Gasteiger partial charge on any atom is 0.124 e. The summed E-state index contributed by atoms with van der Waals surface area (Å²) >= 11 is 6.09. The van der Waals surface area contributed by atoms with Crippen LogP contribution in [0.2, 0.25) is 5.02 Å². The minimum Gasteiger partial charge on any atom is -0.381 e. The van der Waals surface area contributed by atoms with E-state index in [1.807, 2.05) is 0 Å². The lowest BCUT2D eigenvalue weighted by Gasteiger charge is -2.45. The molecule has 1 N–H and O–H groups in total. The van der Waals surface area contributed by atoms with Crippen molar-refractivity contribution in [2.45, 2.75) is 53.0 Å². The Morgan fingerprint density at radius 2 is 1.74 bits per heavy atom. The first-order chi connectivity index (χ1) is 8.67. The monoisotopic (exact) mass is 283 g/mol. The maximum absolute atomic E-state index is 13.1. The van der Waals surface area contributed by atoms with Crippen molar-refractivity contribution in [1.82, 2.24) is 0 Å². The van der Waals surface area contributed by atoms with E-state index in [-0.39, 0.29) is 5.82 Å². The summed E-state index contributed by atoms with van der Waals surface area (Å²) in [6.07, 6.45) is 3.46. The molecule has 1 aromatic rings. The molecule has 0 atom stereocenters. The minimum atomic E-state index is -0.292. The average molecular weight is 284 g/mol. The summed E-state index contributed by atoms with van der Waals surface area (Å²) in [4.78, 5) is 0. The van der Waals surface area contributed by atoms with Crippen LogP contribution in [0.15, 0.2) is 18.2 Å². The Morgan fingerprint density at radius 1 is 1.16 bits per heavy atom. The molecule has 1 saturated carbocycles. The van der Waals surface area contributed by atoms with Crippen LogP contribution in [0.3, 0.4) is 0 Å². The molecule has 0 heterocycles. The molecule has 0 spiro atoms. The molecule has 1 nitrogen and oxygen atoms in total. The molecule has 19 heavy (non-hydrogen) atoms. The molecule has 0 bridgehead atoms. The summed E-state index contributed by atoms with van der Waals surface area (Å²) in [5, 5.41) is 3.95. The first kappa shape index (κ1) is 14.6. The lowest BCUT2D eigenvalue weighted by molar-refractivity contribution is 0.105. The third-order valence-corrected chi connectivity index (χ3v) is 4.16. The van der Waals surface area contributed by atoms with Gasteiger partial charge in [0, 0.05) is 6.04 Å². The molecule has 0 aliphatic heterocycles. The van der Waals surface area contributed by atoms with E-state index in [0.29, 0.717) is 21.9 Å². The van der Waals surface area contributed by atoms with Gasteiger partial charge in [-0.05, 0) is 48.3 Å². The lowest BCUT2D eigenvalue weighted by Crippen LogP contribution is -2.40. The molecule has 0 saturated heterocycles. The number of hydrogen-bond donors (Lipinski definition) is 1. The predicted octanol–water partition coefficient (Wildman–Crippen LogP) is 5.50. The molecule has 2 rings (SSSR count). The number of benzene rings is 1. The van der Waals surface area contributed by atoms with Gasteiger partial charge < -0.3 is 5.32 Å². The van der Waals surface area contributed by atoms with E-state index in [1.54, 1.807) is 6.07 Å². The summed E-state index contributed by atoms with van der Waals surface area (Å²) in [5.41, 5.74) is 1.49. The van der Waals surface area contributed by atoms with Crippen LogP contribution in [-0.4, -0.2) is 6.04 Å². The number of halogens is 2. The smallest absolute Gasteiger partial charge is 0.124 e. The summed E-state index contributed by atoms with van der Waals surface area (Å²) < 4.78 is 13.1. The average Bonchev–Trinajstić information content (AvgIpc) is 2.17. The van der Waals surface area contributed by atoms with Crippen molar-refractivity contribution in [3.05, 3.63) is 29.0 Å². The van der Waals surface area contributed by atoms with Gasteiger partial charge in [0.05, 0.1) is 10.7 Å².